The molecule has 0 amide bonds. The molecule has 4 aromatic rings. The van der Waals surface area contributed by atoms with E-state index in [1.807, 2.05) is 36.4 Å². The lowest BCUT2D eigenvalue weighted by Gasteiger charge is -2.04. The van der Waals surface area contributed by atoms with Gasteiger partial charge in [-0.1, -0.05) is 35.9 Å². The second kappa shape index (κ2) is 6.35. The van der Waals surface area contributed by atoms with E-state index in [2.05, 4.69) is 5.10 Å². The summed E-state index contributed by atoms with van der Waals surface area (Å²) >= 11 is 7.38. The Morgan fingerprint density at radius 1 is 1.12 bits per heavy atom. The maximum Gasteiger partial charge on any atom is 0.285 e. The number of fused-ring (bicyclic) bond motifs is 1. The van der Waals surface area contributed by atoms with Gasteiger partial charge in [0.15, 0.2) is 0 Å². The topological polar surface area (TPSA) is 55.1 Å². The van der Waals surface area contributed by atoms with Gasteiger partial charge in [-0.05, 0) is 41.5 Å². The number of nitrogens with zero attached hydrogens (tertiary/aromatic N) is 2. The van der Waals surface area contributed by atoms with Crippen molar-refractivity contribution in [3.05, 3.63) is 81.7 Å². The van der Waals surface area contributed by atoms with E-state index in [9.17, 15) is 9.90 Å². The van der Waals surface area contributed by atoms with Gasteiger partial charge in [0, 0.05) is 15.3 Å². The highest BCUT2D eigenvalue weighted by atomic mass is 35.5. The minimum absolute atomic E-state index is 0.133. The maximum absolute atomic E-state index is 12.7. The van der Waals surface area contributed by atoms with Crippen molar-refractivity contribution in [3.8, 4) is 16.2 Å². The highest BCUT2D eigenvalue weighted by Gasteiger charge is 2.11. The van der Waals surface area contributed by atoms with E-state index in [4.69, 9.17) is 11.6 Å². The molecule has 2 aromatic carbocycles. The van der Waals surface area contributed by atoms with Gasteiger partial charge in [-0.3, -0.25) is 4.79 Å². The van der Waals surface area contributed by atoms with Crippen molar-refractivity contribution in [2.45, 2.75) is 6.54 Å². The molecule has 0 saturated heterocycles. The van der Waals surface area contributed by atoms with Crippen molar-refractivity contribution in [1.29, 1.82) is 0 Å². The Bertz CT molecular complexity index is 1120. The third-order valence-electron chi connectivity index (χ3n) is 3.90. The molecule has 2 aromatic heterocycles. The van der Waals surface area contributed by atoms with E-state index < -0.39 is 0 Å². The summed E-state index contributed by atoms with van der Waals surface area (Å²) in [6.45, 7) is 0.317. The predicted octanol–water partition coefficient (Wildman–Crippen LogP) is 4.53. The number of rotatable bonds is 3. The normalized spacial score (nSPS) is 11.1. The Kier molecular flexibility index (Phi) is 4.03. The molecule has 0 aliphatic heterocycles. The third kappa shape index (κ3) is 3.16. The number of halogens is 1. The van der Waals surface area contributed by atoms with Crippen LogP contribution in [0.3, 0.4) is 0 Å². The van der Waals surface area contributed by atoms with E-state index in [1.165, 1.54) is 16.0 Å². The van der Waals surface area contributed by atoms with Crippen molar-refractivity contribution in [2.24, 2.45) is 0 Å². The van der Waals surface area contributed by atoms with Gasteiger partial charge in [-0.25, -0.2) is 4.68 Å². The average molecular weight is 369 g/mol. The second-order valence-corrected chi connectivity index (χ2v) is 7.17. The summed E-state index contributed by atoms with van der Waals surface area (Å²) in [5.74, 6) is 0.174. The van der Waals surface area contributed by atoms with Crippen LogP contribution in [-0.4, -0.2) is 14.9 Å². The zero-order valence-electron chi connectivity index (χ0n) is 13.0. The summed E-state index contributed by atoms with van der Waals surface area (Å²) in [6.07, 6.45) is 1.70. The van der Waals surface area contributed by atoms with Crippen molar-refractivity contribution >= 4 is 33.0 Å². The number of thiophene rings is 1. The lowest BCUT2D eigenvalue weighted by Crippen LogP contribution is -2.22. The zero-order chi connectivity index (χ0) is 17.4. The molecule has 0 fully saturated rings. The summed E-state index contributed by atoms with van der Waals surface area (Å²) in [6, 6.07) is 16.3. The van der Waals surface area contributed by atoms with E-state index in [1.54, 1.807) is 24.4 Å². The fourth-order valence-corrected chi connectivity index (χ4v) is 3.87. The Balaban J connectivity index is 1.75. The molecule has 4 nitrogen and oxygen atoms in total. The molecule has 0 saturated carbocycles. The summed E-state index contributed by atoms with van der Waals surface area (Å²) in [5, 5.41) is 15.3. The highest BCUT2D eigenvalue weighted by Crippen LogP contribution is 2.32. The van der Waals surface area contributed by atoms with Crippen LogP contribution in [0, 0.1) is 0 Å². The SMILES string of the molecule is O=c1c2sc(-c3ccc(Cl)cc3)cc2cnn1Cc1cccc(O)c1. The molecule has 0 radical (unpaired) electrons. The molecule has 124 valence electrons. The van der Waals surface area contributed by atoms with Crippen LogP contribution in [0.1, 0.15) is 5.56 Å². The van der Waals surface area contributed by atoms with Crippen molar-refractivity contribution in [3.63, 3.8) is 0 Å². The van der Waals surface area contributed by atoms with E-state index in [-0.39, 0.29) is 11.3 Å². The number of aromatic nitrogens is 2. The monoisotopic (exact) mass is 368 g/mol. The molecule has 2 heterocycles. The Labute approximate surface area is 152 Å². The van der Waals surface area contributed by atoms with E-state index >= 15 is 0 Å². The second-order valence-electron chi connectivity index (χ2n) is 5.68. The molecule has 0 aliphatic carbocycles. The number of phenols is 1. The Morgan fingerprint density at radius 2 is 1.92 bits per heavy atom. The van der Waals surface area contributed by atoms with Gasteiger partial charge in [0.2, 0.25) is 0 Å². The van der Waals surface area contributed by atoms with Gasteiger partial charge in [-0.2, -0.15) is 5.10 Å². The van der Waals surface area contributed by atoms with Gasteiger partial charge in [0.05, 0.1) is 12.7 Å². The predicted molar refractivity (Wildman–Crippen MR) is 102 cm³/mol. The number of hydrogen-bond donors (Lipinski definition) is 1. The van der Waals surface area contributed by atoms with Gasteiger partial charge >= 0.3 is 0 Å². The number of aromatic hydroxyl groups is 1. The number of phenolic OH excluding ortho intramolecular Hbond substituents is 1. The third-order valence-corrected chi connectivity index (χ3v) is 5.34. The smallest absolute Gasteiger partial charge is 0.285 e. The molecule has 0 atom stereocenters. The van der Waals surface area contributed by atoms with Crippen molar-refractivity contribution in [2.75, 3.05) is 0 Å². The van der Waals surface area contributed by atoms with Crippen LogP contribution in [0.25, 0.3) is 20.5 Å². The van der Waals surface area contributed by atoms with Gasteiger partial charge in [0.1, 0.15) is 10.4 Å². The van der Waals surface area contributed by atoms with Crippen LogP contribution in [0.15, 0.2) is 65.6 Å². The maximum atomic E-state index is 12.7. The molecule has 6 heteroatoms. The van der Waals surface area contributed by atoms with Crippen molar-refractivity contribution < 1.29 is 5.11 Å². The standard InChI is InChI=1S/C19H13ClN2O2S/c20-15-6-4-13(5-7-15)17-9-14-10-21-22(19(24)18(14)25-17)11-12-2-1-3-16(23)8-12/h1-10,23H,11H2. The largest absolute Gasteiger partial charge is 0.508 e. The minimum Gasteiger partial charge on any atom is -0.508 e. The lowest BCUT2D eigenvalue weighted by atomic mass is 10.2. The molecule has 25 heavy (non-hydrogen) atoms. The fourth-order valence-electron chi connectivity index (χ4n) is 2.67. The Morgan fingerprint density at radius 3 is 2.68 bits per heavy atom. The molecular weight excluding hydrogens is 356 g/mol. The van der Waals surface area contributed by atoms with Crippen molar-refractivity contribution in [1.82, 2.24) is 9.78 Å². The molecular formula is C19H13ClN2O2S. The zero-order valence-corrected chi connectivity index (χ0v) is 14.6. The van der Waals surface area contributed by atoms with Gasteiger partial charge in [-0.15, -0.1) is 11.3 Å². The number of benzene rings is 2. The van der Waals surface area contributed by atoms with Gasteiger partial charge in [0.25, 0.3) is 5.56 Å². The first kappa shape index (κ1) is 15.9. The quantitative estimate of drug-likeness (QED) is 0.578. The first-order valence-electron chi connectivity index (χ1n) is 7.64. The number of hydrogen-bond acceptors (Lipinski definition) is 4. The molecule has 0 unspecified atom stereocenters. The summed E-state index contributed by atoms with van der Waals surface area (Å²) in [5.41, 5.74) is 1.71. The average Bonchev–Trinajstić information content (AvgIpc) is 3.03. The van der Waals surface area contributed by atoms with E-state index in [0.717, 1.165) is 21.4 Å². The van der Waals surface area contributed by atoms with Crippen LogP contribution >= 0.6 is 22.9 Å². The summed E-state index contributed by atoms with van der Waals surface area (Å²) in [4.78, 5) is 13.7. The molecule has 1 N–H and O–H groups in total. The lowest BCUT2D eigenvalue weighted by molar-refractivity contribution is 0.474. The van der Waals surface area contributed by atoms with Gasteiger partial charge < -0.3 is 5.11 Å². The molecule has 0 spiro atoms. The molecule has 0 aliphatic rings. The van der Waals surface area contributed by atoms with Crippen LogP contribution in [-0.2, 0) is 6.54 Å². The molecule has 4 rings (SSSR count). The van der Waals surface area contributed by atoms with Crippen LogP contribution in [0.4, 0.5) is 0 Å². The fraction of sp³-hybridized carbons (Fsp3) is 0.0526. The minimum atomic E-state index is -0.133. The first-order valence-corrected chi connectivity index (χ1v) is 8.83. The van der Waals surface area contributed by atoms with Crippen LogP contribution in [0.2, 0.25) is 5.02 Å². The first-order chi connectivity index (χ1) is 12.1. The molecule has 0 bridgehead atoms. The highest BCUT2D eigenvalue weighted by molar-refractivity contribution is 7.22. The summed E-state index contributed by atoms with van der Waals surface area (Å²) in [7, 11) is 0. The van der Waals surface area contributed by atoms with Crippen LogP contribution in [0.5, 0.6) is 5.75 Å². The van der Waals surface area contributed by atoms with Crippen LogP contribution < -0.4 is 5.56 Å². The van der Waals surface area contributed by atoms with E-state index in [0.29, 0.717) is 16.3 Å². The Hall–Kier alpha value is -2.63. The summed E-state index contributed by atoms with van der Waals surface area (Å²) < 4.78 is 2.08.